The number of rotatable bonds is 6. The first kappa shape index (κ1) is 16.2. The predicted octanol–water partition coefficient (Wildman–Crippen LogP) is 1.47. The number of ether oxygens (including phenoxy) is 2. The molecule has 0 saturated carbocycles. The number of carbonyl (C=O) groups excluding carboxylic acids is 1. The minimum atomic E-state index is -0.328. The molecule has 1 aromatic carbocycles. The molecular weight excluding hydrogens is 308 g/mol. The van der Waals surface area contributed by atoms with Crippen LogP contribution in [0, 0.1) is 0 Å². The average molecular weight is 328 g/mol. The van der Waals surface area contributed by atoms with Crippen LogP contribution in [0.2, 0.25) is 0 Å². The Morgan fingerprint density at radius 3 is 2.79 bits per heavy atom. The summed E-state index contributed by atoms with van der Waals surface area (Å²) in [5, 5.41) is 2.98. The van der Waals surface area contributed by atoms with Gasteiger partial charge in [0.05, 0.1) is 13.2 Å². The highest BCUT2D eigenvalue weighted by atomic mass is 16.5. The van der Waals surface area contributed by atoms with Crippen molar-refractivity contribution in [3.63, 3.8) is 0 Å². The van der Waals surface area contributed by atoms with E-state index >= 15 is 0 Å². The first-order valence-electron chi connectivity index (χ1n) is 7.89. The molecule has 0 radical (unpaired) electrons. The largest absolute Gasteiger partial charge is 0.460 e. The monoisotopic (exact) mass is 328 g/mol. The molecule has 0 aliphatic carbocycles. The fourth-order valence-electron chi connectivity index (χ4n) is 2.36. The van der Waals surface area contributed by atoms with Gasteiger partial charge >= 0.3 is 5.97 Å². The maximum Gasteiger partial charge on any atom is 0.325 e. The van der Waals surface area contributed by atoms with Crippen LogP contribution in [0.3, 0.4) is 0 Å². The van der Waals surface area contributed by atoms with Gasteiger partial charge in [0.2, 0.25) is 0 Å². The normalized spacial score (nSPS) is 14.2. The minimum absolute atomic E-state index is 0.0619. The second kappa shape index (κ2) is 8.26. The van der Waals surface area contributed by atoms with Crippen molar-refractivity contribution >= 4 is 17.6 Å². The molecular formula is C17H20N4O3. The van der Waals surface area contributed by atoms with Crippen molar-refractivity contribution in [1.29, 1.82) is 0 Å². The summed E-state index contributed by atoms with van der Waals surface area (Å²) in [6.45, 7) is 3.32. The summed E-state index contributed by atoms with van der Waals surface area (Å²) in [5.74, 6) is 1.10. The van der Waals surface area contributed by atoms with Gasteiger partial charge in [-0.2, -0.15) is 0 Å². The quantitative estimate of drug-likeness (QED) is 0.805. The SMILES string of the molecule is O=C(CNc1cc(N2CCOCC2)ncn1)OCc1ccccc1. The van der Waals surface area contributed by atoms with E-state index in [-0.39, 0.29) is 19.1 Å². The van der Waals surface area contributed by atoms with Gasteiger partial charge in [-0.1, -0.05) is 30.3 Å². The number of nitrogens with one attached hydrogen (secondary N) is 1. The van der Waals surface area contributed by atoms with Gasteiger partial charge in [0, 0.05) is 19.2 Å². The van der Waals surface area contributed by atoms with Crippen molar-refractivity contribution in [3.8, 4) is 0 Å². The summed E-state index contributed by atoms with van der Waals surface area (Å²) in [6, 6.07) is 11.4. The van der Waals surface area contributed by atoms with Gasteiger partial charge in [-0.25, -0.2) is 9.97 Å². The number of hydrogen-bond acceptors (Lipinski definition) is 7. The fourth-order valence-corrected chi connectivity index (χ4v) is 2.36. The second-order valence-corrected chi connectivity index (χ2v) is 5.36. The van der Waals surface area contributed by atoms with E-state index in [1.54, 1.807) is 0 Å². The lowest BCUT2D eigenvalue weighted by atomic mass is 10.2. The lowest BCUT2D eigenvalue weighted by Crippen LogP contribution is -2.36. The van der Waals surface area contributed by atoms with Gasteiger partial charge in [0.1, 0.15) is 31.1 Å². The third kappa shape index (κ3) is 4.66. The highest BCUT2D eigenvalue weighted by Gasteiger charge is 2.13. The lowest BCUT2D eigenvalue weighted by molar-refractivity contribution is -0.142. The molecule has 24 heavy (non-hydrogen) atoms. The van der Waals surface area contributed by atoms with E-state index in [4.69, 9.17) is 9.47 Å². The van der Waals surface area contributed by atoms with Gasteiger partial charge in [-0.3, -0.25) is 4.79 Å². The van der Waals surface area contributed by atoms with Crippen LogP contribution in [0.25, 0.3) is 0 Å². The Labute approximate surface area is 140 Å². The molecule has 1 saturated heterocycles. The van der Waals surface area contributed by atoms with E-state index in [0.717, 1.165) is 24.5 Å². The molecule has 1 aliphatic heterocycles. The maximum absolute atomic E-state index is 11.8. The molecule has 3 rings (SSSR count). The third-order valence-corrected chi connectivity index (χ3v) is 3.64. The van der Waals surface area contributed by atoms with Crippen molar-refractivity contribution in [2.45, 2.75) is 6.61 Å². The molecule has 2 heterocycles. The van der Waals surface area contributed by atoms with Crippen LogP contribution in [0.1, 0.15) is 5.56 Å². The average Bonchev–Trinajstić information content (AvgIpc) is 2.66. The highest BCUT2D eigenvalue weighted by Crippen LogP contribution is 2.15. The van der Waals surface area contributed by atoms with Crippen molar-refractivity contribution in [2.75, 3.05) is 43.1 Å². The summed E-state index contributed by atoms with van der Waals surface area (Å²) in [5.41, 5.74) is 0.961. The summed E-state index contributed by atoms with van der Waals surface area (Å²) >= 11 is 0. The number of hydrogen-bond donors (Lipinski definition) is 1. The van der Waals surface area contributed by atoms with Gasteiger partial charge in [-0.15, -0.1) is 0 Å². The second-order valence-electron chi connectivity index (χ2n) is 5.36. The van der Waals surface area contributed by atoms with Crippen LogP contribution in [0.5, 0.6) is 0 Å². The highest BCUT2D eigenvalue weighted by molar-refractivity contribution is 5.74. The van der Waals surface area contributed by atoms with Crippen LogP contribution >= 0.6 is 0 Å². The smallest absolute Gasteiger partial charge is 0.325 e. The number of nitrogens with zero attached hydrogens (tertiary/aromatic N) is 3. The first-order chi connectivity index (χ1) is 11.8. The van der Waals surface area contributed by atoms with Crippen LogP contribution in [-0.4, -0.2) is 48.8 Å². The number of aromatic nitrogens is 2. The van der Waals surface area contributed by atoms with Crippen molar-refractivity contribution in [1.82, 2.24) is 9.97 Å². The number of carbonyl (C=O) groups is 1. The number of benzene rings is 1. The molecule has 7 heteroatoms. The first-order valence-corrected chi connectivity index (χ1v) is 7.89. The minimum Gasteiger partial charge on any atom is -0.460 e. The van der Waals surface area contributed by atoms with Crippen LogP contribution < -0.4 is 10.2 Å². The van der Waals surface area contributed by atoms with E-state index in [0.29, 0.717) is 19.0 Å². The van der Waals surface area contributed by atoms with E-state index in [2.05, 4.69) is 20.2 Å². The Bertz CT molecular complexity index is 660. The van der Waals surface area contributed by atoms with Crippen molar-refractivity contribution in [2.24, 2.45) is 0 Å². The van der Waals surface area contributed by atoms with E-state index in [1.807, 2.05) is 36.4 Å². The van der Waals surface area contributed by atoms with Gasteiger partial charge < -0.3 is 19.7 Å². The molecule has 0 spiro atoms. The number of morpholine rings is 1. The van der Waals surface area contributed by atoms with Crippen LogP contribution in [-0.2, 0) is 20.9 Å². The zero-order chi connectivity index (χ0) is 16.6. The third-order valence-electron chi connectivity index (χ3n) is 3.64. The van der Waals surface area contributed by atoms with E-state index < -0.39 is 0 Å². The molecule has 7 nitrogen and oxygen atoms in total. The molecule has 0 bridgehead atoms. The molecule has 0 atom stereocenters. The Morgan fingerprint density at radius 2 is 2.00 bits per heavy atom. The fraction of sp³-hybridized carbons (Fsp3) is 0.353. The zero-order valence-corrected chi connectivity index (χ0v) is 13.4. The Kier molecular flexibility index (Phi) is 5.57. The summed E-state index contributed by atoms with van der Waals surface area (Å²) in [7, 11) is 0. The molecule has 2 aromatic rings. The van der Waals surface area contributed by atoms with E-state index in [1.165, 1.54) is 6.33 Å². The Hall–Kier alpha value is -2.67. The topological polar surface area (TPSA) is 76.6 Å². The maximum atomic E-state index is 11.8. The predicted molar refractivity (Wildman–Crippen MR) is 89.8 cm³/mol. The Balaban J connectivity index is 1.48. The van der Waals surface area contributed by atoms with Gasteiger partial charge in [0.15, 0.2) is 0 Å². The van der Waals surface area contributed by atoms with Crippen molar-refractivity contribution < 1.29 is 14.3 Å². The summed E-state index contributed by atoms with van der Waals surface area (Å²) < 4.78 is 10.6. The number of anilines is 2. The number of esters is 1. The molecule has 1 aliphatic rings. The molecule has 0 unspecified atom stereocenters. The zero-order valence-electron chi connectivity index (χ0n) is 13.4. The molecule has 0 amide bonds. The summed E-state index contributed by atoms with van der Waals surface area (Å²) in [6.07, 6.45) is 1.49. The van der Waals surface area contributed by atoms with Crippen LogP contribution in [0.15, 0.2) is 42.7 Å². The van der Waals surface area contributed by atoms with Gasteiger partial charge in [-0.05, 0) is 5.56 Å². The molecule has 1 fully saturated rings. The van der Waals surface area contributed by atoms with Crippen LogP contribution in [0.4, 0.5) is 11.6 Å². The molecule has 1 aromatic heterocycles. The molecule has 126 valence electrons. The molecule has 1 N–H and O–H groups in total. The lowest BCUT2D eigenvalue weighted by Gasteiger charge is -2.27. The van der Waals surface area contributed by atoms with Gasteiger partial charge in [0.25, 0.3) is 0 Å². The Morgan fingerprint density at radius 1 is 1.21 bits per heavy atom. The van der Waals surface area contributed by atoms with E-state index in [9.17, 15) is 4.79 Å². The van der Waals surface area contributed by atoms with Crippen molar-refractivity contribution in [3.05, 3.63) is 48.3 Å². The standard InChI is InChI=1S/C17H20N4O3/c22-17(24-12-14-4-2-1-3-5-14)11-18-15-10-16(20-13-19-15)21-6-8-23-9-7-21/h1-5,10,13H,6-9,11-12H2,(H,18,19,20). The summed E-state index contributed by atoms with van der Waals surface area (Å²) in [4.78, 5) is 22.4.